The van der Waals surface area contributed by atoms with Crippen molar-refractivity contribution in [1.82, 2.24) is 5.32 Å². The second kappa shape index (κ2) is 5.32. The van der Waals surface area contributed by atoms with Crippen LogP contribution in [0.4, 0.5) is 4.39 Å². The van der Waals surface area contributed by atoms with Crippen molar-refractivity contribution in [2.45, 2.75) is 12.6 Å². The van der Waals surface area contributed by atoms with Gasteiger partial charge in [-0.2, -0.15) is 5.26 Å². The number of hydrogen-bond acceptors (Lipinski definition) is 3. The normalized spacial score (nSPS) is 16.3. The molecule has 3 nitrogen and oxygen atoms in total. The van der Waals surface area contributed by atoms with Gasteiger partial charge in [0.1, 0.15) is 18.2 Å². The van der Waals surface area contributed by atoms with E-state index in [2.05, 4.69) is 5.32 Å². The van der Waals surface area contributed by atoms with Crippen LogP contribution in [0.5, 0.6) is 5.75 Å². The molecule has 1 N–H and O–H groups in total. The molecule has 100 valence electrons. The number of nitrogens with one attached hydrogen (secondary N) is 1. The van der Waals surface area contributed by atoms with Gasteiger partial charge in [0, 0.05) is 17.7 Å². The van der Waals surface area contributed by atoms with Crippen molar-refractivity contribution in [3.8, 4) is 11.8 Å². The van der Waals surface area contributed by atoms with Crippen LogP contribution >= 0.6 is 0 Å². The molecule has 0 bridgehead atoms. The smallest absolute Gasteiger partial charge is 0.127 e. The lowest BCUT2D eigenvalue weighted by atomic mass is 10.1. The van der Waals surface area contributed by atoms with Crippen LogP contribution in [0.15, 0.2) is 42.5 Å². The van der Waals surface area contributed by atoms with Crippen molar-refractivity contribution in [2.75, 3.05) is 6.61 Å². The zero-order valence-electron chi connectivity index (χ0n) is 10.8. The highest BCUT2D eigenvalue weighted by molar-refractivity contribution is 5.39. The van der Waals surface area contributed by atoms with Crippen molar-refractivity contribution in [2.24, 2.45) is 0 Å². The van der Waals surface area contributed by atoms with E-state index in [0.29, 0.717) is 24.3 Å². The van der Waals surface area contributed by atoms with E-state index in [1.807, 2.05) is 30.3 Å². The molecular weight excluding hydrogens is 255 g/mol. The number of hydrogen-bond donors (Lipinski definition) is 1. The first-order chi connectivity index (χ1) is 9.78. The third kappa shape index (κ3) is 2.36. The van der Waals surface area contributed by atoms with E-state index in [9.17, 15) is 4.39 Å². The molecule has 0 radical (unpaired) electrons. The van der Waals surface area contributed by atoms with Crippen LogP contribution in [-0.4, -0.2) is 6.61 Å². The van der Waals surface area contributed by atoms with Crippen molar-refractivity contribution in [3.05, 3.63) is 65.0 Å². The first-order valence-corrected chi connectivity index (χ1v) is 6.41. The van der Waals surface area contributed by atoms with Crippen molar-refractivity contribution >= 4 is 0 Å². The van der Waals surface area contributed by atoms with E-state index in [-0.39, 0.29) is 11.9 Å². The Morgan fingerprint density at radius 2 is 2.15 bits per heavy atom. The van der Waals surface area contributed by atoms with Gasteiger partial charge >= 0.3 is 0 Å². The summed E-state index contributed by atoms with van der Waals surface area (Å²) in [7, 11) is 0. The van der Waals surface area contributed by atoms with Crippen LogP contribution in [0.3, 0.4) is 0 Å². The summed E-state index contributed by atoms with van der Waals surface area (Å²) in [4.78, 5) is 0. The minimum absolute atomic E-state index is 0.0522. The predicted octanol–water partition coefficient (Wildman–Crippen LogP) is 2.92. The molecule has 0 aromatic heterocycles. The van der Waals surface area contributed by atoms with Gasteiger partial charge in [0.15, 0.2) is 0 Å². The molecule has 1 aliphatic heterocycles. The molecule has 1 atom stereocenters. The number of benzene rings is 2. The average Bonchev–Trinajstić information content (AvgIpc) is 2.90. The van der Waals surface area contributed by atoms with Gasteiger partial charge in [0.05, 0.1) is 17.7 Å². The highest BCUT2D eigenvalue weighted by Gasteiger charge is 2.23. The Balaban J connectivity index is 1.74. The van der Waals surface area contributed by atoms with E-state index >= 15 is 0 Å². The van der Waals surface area contributed by atoms with Crippen LogP contribution in [0.2, 0.25) is 0 Å². The largest absolute Gasteiger partial charge is 0.491 e. The predicted molar refractivity (Wildman–Crippen MR) is 72.6 cm³/mol. The van der Waals surface area contributed by atoms with Crippen LogP contribution in [0.1, 0.15) is 22.7 Å². The third-order valence-electron chi connectivity index (χ3n) is 3.41. The van der Waals surface area contributed by atoms with Crippen LogP contribution in [0, 0.1) is 17.1 Å². The molecule has 0 amide bonds. The molecule has 1 aliphatic rings. The molecule has 0 aliphatic carbocycles. The minimum atomic E-state index is -0.302. The molecule has 20 heavy (non-hydrogen) atoms. The first kappa shape index (κ1) is 12.6. The second-order valence-electron chi connectivity index (χ2n) is 4.70. The quantitative estimate of drug-likeness (QED) is 0.931. The van der Waals surface area contributed by atoms with Crippen molar-refractivity contribution < 1.29 is 9.13 Å². The van der Waals surface area contributed by atoms with E-state index in [4.69, 9.17) is 10.00 Å². The summed E-state index contributed by atoms with van der Waals surface area (Å²) in [5, 5.41) is 12.1. The Morgan fingerprint density at radius 1 is 1.30 bits per heavy atom. The lowest BCUT2D eigenvalue weighted by Gasteiger charge is -2.12. The molecule has 0 saturated heterocycles. The van der Waals surface area contributed by atoms with Crippen molar-refractivity contribution in [3.63, 3.8) is 0 Å². The van der Waals surface area contributed by atoms with Crippen molar-refractivity contribution in [1.29, 1.82) is 5.26 Å². The van der Waals surface area contributed by atoms with Gasteiger partial charge in [-0.25, -0.2) is 4.39 Å². The zero-order chi connectivity index (χ0) is 13.9. The molecule has 1 heterocycles. The number of ether oxygens (including phenoxy) is 1. The highest BCUT2D eigenvalue weighted by atomic mass is 19.1. The summed E-state index contributed by atoms with van der Waals surface area (Å²) in [5.41, 5.74) is 2.05. The fourth-order valence-corrected chi connectivity index (χ4v) is 2.34. The Bertz CT molecular complexity index is 678. The number of nitriles is 1. The summed E-state index contributed by atoms with van der Waals surface area (Å²) < 4.78 is 19.3. The van der Waals surface area contributed by atoms with Crippen LogP contribution in [-0.2, 0) is 6.54 Å². The molecule has 1 unspecified atom stereocenters. The SMILES string of the molecule is N#Cc1ccc(F)c(CNC2COc3ccccc32)c1. The standard InChI is InChI=1S/C16H13FN2O/c17-14-6-5-11(8-18)7-12(14)9-19-15-10-20-16-4-2-1-3-13(15)16/h1-7,15,19H,9-10H2. The topological polar surface area (TPSA) is 45.0 Å². The number of fused-ring (bicyclic) bond motifs is 1. The molecule has 0 saturated carbocycles. The molecule has 2 aromatic rings. The maximum atomic E-state index is 13.7. The summed E-state index contributed by atoms with van der Waals surface area (Å²) in [6, 6.07) is 14.3. The molecule has 0 fully saturated rings. The number of rotatable bonds is 3. The monoisotopic (exact) mass is 268 g/mol. The fraction of sp³-hybridized carbons (Fsp3) is 0.188. The zero-order valence-corrected chi connectivity index (χ0v) is 10.8. The van der Waals surface area contributed by atoms with Gasteiger partial charge in [-0.3, -0.25) is 0 Å². The van der Waals surface area contributed by atoms with Gasteiger partial charge < -0.3 is 10.1 Å². The second-order valence-corrected chi connectivity index (χ2v) is 4.70. The Kier molecular flexibility index (Phi) is 3.36. The van der Waals surface area contributed by atoms with E-state index in [1.165, 1.54) is 12.1 Å². The summed E-state index contributed by atoms with van der Waals surface area (Å²) in [6.45, 7) is 0.905. The van der Waals surface area contributed by atoms with E-state index < -0.39 is 0 Å². The highest BCUT2D eigenvalue weighted by Crippen LogP contribution is 2.31. The Morgan fingerprint density at radius 3 is 3.00 bits per heavy atom. The number of halogens is 1. The van der Waals surface area contributed by atoms with E-state index in [1.54, 1.807) is 6.07 Å². The number of para-hydroxylation sites is 1. The summed E-state index contributed by atoms with van der Waals surface area (Å²) in [5.74, 6) is 0.569. The summed E-state index contributed by atoms with van der Waals surface area (Å²) in [6.07, 6.45) is 0. The summed E-state index contributed by atoms with van der Waals surface area (Å²) >= 11 is 0. The lowest BCUT2D eigenvalue weighted by Crippen LogP contribution is -2.22. The Labute approximate surface area is 116 Å². The maximum absolute atomic E-state index is 13.7. The Hall–Kier alpha value is -2.38. The lowest BCUT2D eigenvalue weighted by molar-refractivity contribution is 0.310. The average molecular weight is 268 g/mol. The molecule has 0 spiro atoms. The maximum Gasteiger partial charge on any atom is 0.127 e. The fourth-order valence-electron chi connectivity index (χ4n) is 2.34. The molecule has 3 rings (SSSR count). The van der Waals surface area contributed by atoms with Gasteiger partial charge in [-0.15, -0.1) is 0 Å². The van der Waals surface area contributed by atoms with Gasteiger partial charge in [0.2, 0.25) is 0 Å². The third-order valence-corrected chi connectivity index (χ3v) is 3.41. The first-order valence-electron chi connectivity index (χ1n) is 6.41. The van der Waals surface area contributed by atoms with E-state index in [0.717, 1.165) is 11.3 Å². The van der Waals surface area contributed by atoms with Crippen LogP contribution in [0.25, 0.3) is 0 Å². The molecule has 4 heteroatoms. The van der Waals surface area contributed by atoms with Gasteiger partial charge in [-0.1, -0.05) is 18.2 Å². The molecule has 2 aromatic carbocycles. The number of nitrogens with zero attached hydrogens (tertiary/aromatic N) is 1. The minimum Gasteiger partial charge on any atom is -0.491 e. The van der Waals surface area contributed by atoms with Gasteiger partial charge in [0.25, 0.3) is 0 Å². The molecular formula is C16H13FN2O. The van der Waals surface area contributed by atoms with Gasteiger partial charge in [-0.05, 0) is 24.3 Å². The van der Waals surface area contributed by atoms with Crippen LogP contribution < -0.4 is 10.1 Å².